The van der Waals surface area contributed by atoms with Gasteiger partial charge in [-0.05, 0) is 30.3 Å². The molecule has 7 N–H and O–H groups in total. The van der Waals surface area contributed by atoms with Crippen LogP contribution >= 0.6 is 0 Å². The summed E-state index contributed by atoms with van der Waals surface area (Å²) in [4.78, 5) is 0. The summed E-state index contributed by atoms with van der Waals surface area (Å²) in [6.45, 7) is -0.0315. The fourth-order valence-electron chi connectivity index (χ4n) is 2.47. The number of aliphatic hydroxyl groups excluding tert-OH is 2. The van der Waals surface area contributed by atoms with Crippen molar-refractivity contribution >= 4 is 22.7 Å². The van der Waals surface area contributed by atoms with Crippen LogP contribution in [-0.2, 0) is 0 Å². The van der Waals surface area contributed by atoms with Crippen molar-refractivity contribution in [1.29, 1.82) is 0 Å². The molecule has 0 amide bonds. The van der Waals surface area contributed by atoms with Gasteiger partial charge in [0.05, 0.1) is 12.7 Å². The van der Waals surface area contributed by atoms with Gasteiger partial charge in [0.2, 0.25) is 0 Å². The maximum absolute atomic E-state index is 9.57. The Morgan fingerprint density at radius 2 is 1.70 bits per heavy atom. The molecule has 6 heteroatoms. The maximum atomic E-state index is 9.57. The van der Waals surface area contributed by atoms with Crippen LogP contribution in [0.15, 0.2) is 36.4 Å². The summed E-state index contributed by atoms with van der Waals surface area (Å²) in [6.07, 6.45) is -0.816. The number of nitrogens with two attached hydrogens (primary N) is 1. The van der Waals surface area contributed by atoms with Crippen molar-refractivity contribution in [3.63, 3.8) is 0 Å². The predicted octanol–water partition coefficient (Wildman–Crippen LogP) is 1.78. The molecule has 2 rings (SSSR count). The molecule has 0 bridgehead atoms. The normalized spacial score (nSPS) is 11.8. The molecule has 0 spiro atoms. The first kappa shape index (κ1) is 16.9. The van der Waals surface area contributed by atoms with Crippen molar-refractivity contribution in [3.05, 3.63) is 36.4 Å². The second-order valence-corrected chi connectivity index (χ2v) is 5.25. The van der Waals surface area contributed by atoms with Gasteiger partial charge in [-0.3, -0.25) is 0 Å². The second-order valence-electron chi connectivity index (χ2n) is 5.25. The lowest BCUT2D eigenvalue weighted by Gasteiger charge is -2.20. The van der Waals surface area contributed by atoms with E-state index in [-0.39, 0.29) is 13.2 Å². The van der Waals surface area contributed by atoms with E-state index in [0.29, 0.717) is 5.69 Å². The Kier molecular flexibility index (Phi) is 5.67. The molecule has 0 saturated carbocycles. The summed E-state index contributed by atoms with van der Waals surface area (Å²) in [6, 6.07) is 11.5. The molecule has 0 aliphatic rings. The van der Waals surface area contributed by atoms with Crippen LogP contribution in [0.2, 0.25) is 0 Å². The van der Waals surface area contributed by atoms with E-state index in [0.717, 1.165) is 28.2 Å². The van der Waals surface area contributed by atoms with Gasteiger partial charge in [0, 0.05) is 54.5 Å². The number of nitrogens with one attached hydrogen (secondary N) is 3. The van der Waals surface area contributed by atoms with Gasteiger partial charge >= 0.3 is 0 Å². The summed E-state index contributed by atoms with van der Waals surface area (Å²) in [5.41, 5.74) is 11.3. The van der Waals surface area contributed by atoms with Crippen LogP contribution in [0.25, 0.3) is 11.1 Å². The van der Waals surface area contributed by atoms with Gasteiger partial charge in [-0.2, -0.15) is 0 Å². The lowest BCUT2D eigenvalue weighted by atomic mass is 9.98. The topological polar surface area (TPSA) is 103 Å². The standard InChI is InChI=1S/C17H24N4O2/c1-19-15-4-3-5-16(20-2)17(15)13-8-11(18)6-7-14(13)21-9-12(23)10-22/h3-8,12,19-23H,9-10,18H2,1-2H3. The Morgan fingerprint density at radius 3 is 2.26 bits per heavy atom. The zero-order valence-electron chi connectivity index (χ0n) is 13.4. The third kappa shape index (κ3) is 3.85. The number of hydrogen-bond donors (Lipinski definition) is 6. The van der Waals surface area contributed by atoms with Crippen molar-refractivity contribution in [2.45, 2.75) is 6.10 Å². The van der Waals surface area contributed by atoms with Crippen molar-refractivity contribution in [2.75, 3.05) is 48.9 Å². The first-order valence-corrected chi connectivity index (χ1v) is 7.52. The van der Waals surface area contributed by atoms with Crippen LogP contribution in [0.1, 0.15) is 0 Å². The number of benzene rings is 2. The SMILES string of the molecule is CNc1cccc(NC)c1-c1cc(N)ccc1NCC(O)CO. The van der Waals surface area contributed by atoms with E-state index in [9.17, 15) is 5.11 Å². The highest BCUT2D eigenvalue weighted by molar-refractivity contribution is 5.95. The van der Waals surface area contributed by atoms with E-state index in [1.165, 1.54) is 0 Å². The van der Waals surface area contributed by atoms with Gasteiger partial charge < -0.3 is 31.9 Å². The highest BCUT2D eigenvalue weighted by atomic mass is 16.3. The average Bonchev–Trinajstić information content (AvgIpc) is 2.59. The highest BCUT2D eigenvalue weighted by Crippen LogP contribution is 2.40. The first-order valence-electron chi connectivity index (χ1n) is 7.52. The average molecular weight is 316 g/mol. The molecule has 0 radical (unpaired) electrons. The van der Waals surface area contributed by atoms with Gasteiger partial charge in [0.1, 0.15) is 0 Å². The Hall–Kier alpha value is -2.44. The largest absolute Gasteiger partial charge is 0.399 e. The summed E-state index contributed by atoms with van der Waals surface area (Å²) < 4.78 is 0. The molecular weight excluding hydrogens is 292 g/mol. The van der Waals surface area contributed by atoms with Gasteiger partial charge in [0.15, 0.2) is 0 Å². The Bertz CT molecular complexity index is 639. The molecule has 0 fully saturated rings. The van der Waals surface area contributed by atoms with Crippen molar-refractivity contribution < 1.29 is 10.2 Å². The molecular formula is C17H24N4O2. The summed E-state index contributed by atoms with van der Waals surface area (Å²) in [5.74, 6) is 0. The molecule has 23 heavy (non-hydrogen) atoms. The van der Waals surface area contributed by atoms with Crippen LogP contribution in [0, 0.1) is 0 Å². The van der Waals surface area contributed by atoms with E-state index in [1.807, 2.05) is 44.4 Å². The Labute approximate surface area is 136 Å². The number of anilines is 4. The van der Waals surface area contributed by atoms with E-state index in [1.54, 1.807) is 6.07 Å². The highest BCUT2D eigenvalue weighted by Gasteiger charge is 2.14. The van der Waals surface area contributed by atoms with E-state index >= 15 is 0 Å². The van der Waals surface area contributed by atoms with Gasteiger partial charge in [-0.15, -0.1) is 0 Å². The lowest BCUT2D eigenvalue weighted by Crippen LogP contribution is -2.23. The maximum Gasteiger partial charge on any atom is 0.0942 e. The van der Waals surface area contributed by atoms with Gasteiger partial charge in [-0.1, -0.05) is 6.07 Å². The van der Waals surface area contributed by atoms with Crippen molar-refractivity contribution in [2.24, 2.45) is 0 Å². The lowest BCUT2D eigenvalue weighted by molar-refractivity contribution is 0.105. The third-order valence-corrected chi connectivity index (χ3v) is 3.65. The minimum Gasteiger partial charge on any atom is -0.399 e. The summed E-state index contributed by atoms with van der Waals surface area (Å²) in [7, 11) is 3.74. The van der Waals surface area contributed by atoms with Crippen LogP contribution in [-0.4, -0.2) is 43.6 Å². The first-order chi connectivity index (χ1) is 11.1. The summed E-state index contributed by atoms with van der Waals surface area (Å²) in [5, 5.41) is 28.1. The van der Waals surface area contributed by atoms with Gasteiger partial charge in [0.25, 0.3) is 0 Å². The monoisotopic (exact) mass is 316 g/mol. The summed E-state index contributed by atoms with van der Waals surface area (Å²) >= 11 is 0. The molecule has 1 unspecified atom stereocenters. The molecule has 1 atom stereocenters. The van der Waals surface area contributed by atoms with E-state index in [2.05, 4.69) is 16.0 Å². The number of rotatable bonds is 7. The molecule has 0 heterocycles. The third-order valence-electron chi connectivity index (χ3n) is 3.65. The molecule has 0 saturated heterocycles. The number of aliphatic hydroxyl groups is 2. The van der Waals surface area contributed by atoms with Crippen molar-refractivity contribution in [3.8, 4) is 11.1 Å². The zero-order chi connectivity index (χ0) is 16.8. The quantitative estimate of drug-likeness (QED) is 0.435. The fourth-order valence-corrected chi connectivity index (χ4v) is 2.47. The molecule has 124 valence electrons. The number of nitrogen functional groups attached to an aromatic ring is 1. The molecule has 6 nitrogen and oxygen atoms in total. The molecule has 0 aliphatic carbocycles. The second kappa shape index (κ2) is 7.71. The zero-order valence-corrected chi connectivity index (χ0v) is 13.4. The molecule has 0 aromatic heterocycles. The van der Waals surface area contributed by atoms with E-state index < -0.39 is 6.10 Å². The minimum atomic E-state index is -0.816. The van der Waals surface area contributed by atoms with Crippen LogP contribution in [0.3, 0.4) is 0 Å². The fraction of sp³-hybridized carbons (Fsp3) is 0.294. The minimum absolute atomic E-state index is 0.254. The molecule has 2 aromatic rings. The van der Waals surface area contributed by atoms with Crippen LogP contribution in [0.4, 0.5) is 22.7 Å². The van der Waals surface area contributed by atoms with Crippen molar-refractivity contribution in [1.82, 2.24) is 0 Å². The van der Waals surface area contributed by atoms with Crippen LogP contribution in [0.5, 0.6) is 0 Å². The predicted molar refractivity (Wildman–Crippen MR) is 97.0 cm³/mol. The Morgan fingerprint density at radius 1 is 1.04 bits per heavy atom. The molecule has 0 aliphatic heterocycles. The Balaban J connectivity index is 2.52. The van der Waals surface area contributed by atoms with Crippen LogP contribution < -0.4 is 21.7 Å². The number of hydrogen-bond acceptors (Lipinski definition) is 6. The molecule has 2 aromatic carbocycles. The smallest absolute Gasteiger partial charge is 0.0942 e. The van der Waals surface area contributed by atoms with E-state index in [4.69, 9.17) is 10.8 Å². The van der Waals surface area contributed by atoms with Gasteiger partial charge in [-0.25, -0.2) is 0 Å².